The maximum atomic E-state index is 12.1. The molecule has 0 amide bonds. The second-order valence-corrected chi connectivity index (χ2v) is 3.41. The molecule has 0 radical (unpaired) electrons. The molecule has 0 saturated carbocycles. The molecule has 0 aromatic heterocycles. The number of benzene rings is 1. The van der Waals surface area contributed by atoms with E-state index in [4.69, 9.17) is 0 Å². The Morgan fingerprint density at radius 3 is 2.00 bits per heavy atom. The molecule has 0 fully saturated rings. The molecule has 13 heavy (non-hydrogen) atoms. The van der Waals surface area contributed by atoms with Crippen molar-refractivity contribution < 1.29 is 20.9 Å². The van der Waals surface area contributed by atoms with Crippen LogP contribution >= 0.6 is 0 Å². The van der Waals surface area contributed by atoms with Crippen molar-refractivity contribution in [3.05, 3.63) is 24.3 Å². The molecule has 68 valence electrons. The predicted molar refractivity (Wildman–Crippen MR) is 39.6 cm³/mol. The Kier molecular flexibility index (Phi) is 3.37. The molecule has 0 aliphatic heterocycles. The summed E-state index contributed by atoms with van der Waals surface area (Å²) in [5.41, 5.74) is 0. The monoisotopic (exact) mass is 204 g/mol. The summed E-state index contributed by atoms with van der Waals surface area (Å²) in [6, 6.07) is 4.81. The van der Waals surface area contributed by atoms with Gasteiger partial charge >= 0.3 is 27.3 Å². The zero-order chi connectivity index (χ0) is 9.90. The highest BCUT2D eigenvalue weighted by Gasteiger charge is 2.30. The SMILES string of the molecule is [F][Mg][c]1ccc(OC(F)(F)F)cc1. The molecule has 0 spiro atoms. The minimum absolute atomic E-state index is 0.321. The minimum atomic E-state index is -4.69. The Hall–Kier alpha value is -0.494. The summed E-state index contributed by atoms with van der Waals surface area (Å²) in [4.78, 5) is 0. The topological polar surface area (TPSA) is 9.23 Å². The maximum Gasteiger partial charge on any atom is 0.652 e. The summed E-state index contributed by atoms with van der Waals surface area (Å²) in [6.45, 7) is 0. The van der Waals surface area contributed by atoms with Gasteiger partial charge in [0, 0.05) is 0 Å². The predicted octanol–water partition coefficient (Wildman–Crippen LogP) is 1.80. The fourth-order valence-corrected chi connectivity index (χ4v) is 1.19. The van der Waals surface area contributed by atoms with Crippen molar-refractivity contribution in [2.24, 2.45) is 0 Å². The summed E-state index contributed by atoms with van der Waals surface area (Å²) in [5, 5.41) is 0. The van der Waals surface area contributed by atoms with Gasteiger partial charge in [0.05, 0.1) is 0 Å². The highest BCUT2D eigenvalue weighted by Crippen LogP contribution is 2.21. The molecule has 1 aromatic rings. The van der Waals surface area contributed by atoms with Gasteiger partial charge in [0.1, 0.15) is 5.75 Å². The standard InChI is InChI=1S/C7H4F3O.FH.Mg/c8-7(9,10)11-6-4-2-1-3-5-6;;/h2-5H;1H;/q;;+1/p-1. The number of halogens is 4. The van der Waals surface area contributed by atoms with E-state index in [1.807, 2.05) is 0 Å². The van der Waals surface area contributed by atoms with Crippen LogP contribution < -0.4 is 8.43 Å². The van der Waals surface area contributed by atoms with Gasteiger partial charge in [0.25, 0.3) is 0 Å². The number of alkyl halides is 3. The summed E-state index contributed by atoms with van der Waals surface area (Å²) < 4.78 is 51.0. The van der Waals surface area contributed by atoms with E-state index >= 15 is 0 Å². The van der Waals surface area contributed by atoms with E-state index in [9.17, 15) is 16.1 Å². The summed E-state index contributed by atoms with van der Waals surface area (Å²) in [6.07, 6.45) is -4.69. The lowest BCUT2D eigenvalue weighted by atomic mass is 10.3. The first kappa shape index (κ1) is 10.6. The normalized spacial score (nSPS) is 10.8. The Labute approximate surface area is 82.2 Å². The average molecular weight is 204 g/mol. The van der Waals surface area contributed by atoms with Crippen LogP contribution in [-0.4, -0.2) is 27.3 Å². The first-order valence-electron chi connectivity index (χ1n) is 3.42. The van der Waals surface area contributed by atoms with E-state index in [-0.39, 0.29) is 5.75 Å². The van der Waals surface area contributed by atoms with Crippen LogP contribution in [0.5, 0.6) is 5.75 Å². The molecule has 0 unspecified atom stereocenters. The Morgan fingerprint density at radius 1 is 1.08 bits per heavy atom. The van der Waals surface area contributed by atoms with Crippen molar-refractivity contribution in [2.45, 2.75) is 6.36 Å². The largest absolute Gasteiger partial charge is 0.652 e. The van der Waals surface area contributed by atoms with E-state index in [1.165, 1.54) is 12.1 Å². The van der Waals surface area contributed by atoms with E-state index < -0.39 is 27.3 Å². The highest BCUT2D eigenvalue weighted by molar-refractivity contribution is 6.46. The lowest BCUT2D eigenvalue weighted by Crippen LogP contribution is -2.18. The van der Waals surface area contributed by atoms with E-state index in [2.05, 4.69) is 4.74 Å². The molecular formula is C7H4F4MgO. The quantitative estimate of drug-likeness (QED) is 0.527. The Bertz CT molecular complexity index is 269. The summed E-state index contributed by atoms with van der Waals surface area (Å²) >= 11 is -1.80. The average Bonchev–Trinajstić information content (AvgIpc) is 2.03. The van der Waals surface area contributed by atoms with Crippen LogP contribution in [0.1, 0.15) is 0 Å². The van der Waals surface area contributed by atoms with Crippen LogP contribution in [0.2, 0.25) is 0 Å². The second-order valence-electron chi connectivity index (χ2n) is 2.33. The van der Waals surface area contributed by atoms with Crippen LogP contribution in [0, 0.1) is 0 Å². The third-order valence-electron chi connectivity index (χ3n) is 1.31. The van der Waals surface area contributed by atoms with E-state index in [0.29, 0.717) is 3.69 Å². The zero-order valence-electron chi connectivity index (χ0n) is 6.44. The second kappa shape index (κ2) is 4.14. The van der Waals surface area contributed by atoms with Gasteiger partial charge in [0.2, 0.25) is 0 Å². The fraction of sp³-hybridized carbons (Fsp3) is 0.143. The lowest BCUT2D eigenvalue weighted by molar-refractivity contribution is -0.274. The van der Waals surface area contributed by atoms with Gasteiger partial charge in [0.15, 0.2) is 0 Å². The first-order valence-corrected chi connectivity index (χ1v) is 4.66. The molecule has 0 aliphatic carbocycles. The molecule has 1 rings (SSSR count). The number of rotatable bonds is 2. The van der Waals surface area contributed by atoms with Gasteiger partial charge in [-0.1, -0.05) is 12.1 Å². The van der Waals surface area contributed by atoms with Crippen LogP contribution in [0.15, 0.2) is 24.3 Å². The van der Waals surface area contributed by atoms with Gasteiger partial charge in [-0.3, -0.25) is 0 Å². The van der Waals surface area contributed by atoms with Crippen LogP contribution in [0.3, 0.4) is 0 Å². The number of ether oxygens (including phenoxy) is 1. The van der Waals surface area contributed by atoms with Crippen LogP contribution in [0.4, 0.5) is 16.1 Å². The molecule has 1 nitrogen and oxygen atoms in total. The summed E-state index contributed by atoms with van der Waals surface area (Å²) in [7, 11) is 0. The molecule has 0 saturated heterocycles. The third kappa shape index (κ3) is 3.82. The molecular weight excluding hydrogens is 200 g/mol. The lowest BCUT2D eigenvalue weighted by Gasteiger charge is -2.08. The Balaban J connectivity index is 2.70. The summed E-state index contributed by atoms with van der Waals surface area (Å²) in [5.74, 6) is -0.321. The van der Waals surface area contributed by atoms with E-state index in [1.54, 1.807) is 0 Å². The smallest absolute Gasteiger partial charge is 0.475 e. The van der Waals surface area contributed by atoms with Gasteiger partial charge in [-0.25, -0.2) is 0 Å². The van der Waals surface area contributed by atoms with Gasteiger partial charge < -0.3 is 7.69 Å². The van der Waals surface area contributed by atoms with Crippen molar-refractivity contribution in [3.8, 4) is 5.75 Å². The van der Waals surface area contributed by atoms with Crippen molar-refractivity contribution in [1.29, 1.82) is 0 Å². The van der Waals surface area contributed by atoms with Crippen molar-refractivity contribution in [1.82, 2.24) is 0 Å². The van der Waals surface area contributed by atoms with Crippen LogP contribution in [-0.2, 0) is 0 Å². The molecule has 0 heterocycles. The maximum absolute atomic E-state index is 12.1. The molecule has 0 atom stereocenters. The van der Waals surface area contributed by atoms with Gasteiger partial charge in [-0.05, 0) is 12.1 Å². The molecule has 1 aromatic carbocycles. The number of hydrogen-bond donors (Lipinski definition) is 0. The zero-order valence-corrected chi connectivity index (χ0v) is 7.85. The fourth-order valence-electron chi connectivity index (χ4n) is 0.780. The Morgan fingerprint density at radius 2 is 1.62 bits per heavy atom. The number of hydrogen-bond acceptors (Lipinski definition) is 1. The molecule has 6 heteroatoms. The molecule has 0 N–H and O–H groups in total. The van der Waals surface area contributed by atoms with E-state index in [0.717, 1.165) is 12.1 Å². The third-order valence-corrected chi connectivity index (χ3v) is 2.09. The van der Waals surface area contributed by atoms with Crippen molar-refractivity contribution >= 4 is 24.6 Å². The minimum Gasteiger partial charge on any atom is -0.475 e. The van der Waals surface area contributed by atoms with Gasteiger partial charge in [-0.15, -0.1) is 16.9 Å². The van der Waals surface area contributed by atoms with Crippen molar-refractivity contribution in [3.63, 3.8) is 0 Å². The molecule has 0 aliphatic rings. The van der Waals surface area contributed by atoms with Gasteiger partial charge in [-0.2, -0.15) is 0 Å². The highest BCUT2D eigenvalue weighted by atomic mass is 24.6. The van der Waals surface area contributed by atoms with Crippen molar-refractivity contribution in [2.75, 3.05) is 0 Å². The van der Waals surface area contributed by atoms with Crippen LogP contribution in [0.25, 0.3) is 0 Å². The first-order chi connectivity index (χ1) is 6.01. The molecule has 0 bridgehead atoms.